The van der Waals surface area contributed by atoms with Gasteiger partial charge in [0.25, 0.3) is 0 Å². The summed E-state index contributed by atoms with van der Waals surface area (Å²) in [6, 6.07) is 14.5. The molecule has 2 rings (SSSR count). The van der Waals surface area contributed by atoms with Crippen LogP contribution in [-0.2, 0) is 16.0 Å². The molecule has 5 nitrogen and oxygen atoms in total. The van der Waals surface area contributed by atoms with Crippen LogP contribution >= 0.6 is 0 Å². The normalized spacial score (nSPS) is 11.2. The number of likely N-dealkylation sites (N-methyl/N-ethyl adjacent to an activating group) is 1. The molecule has 0 aromatic heterocycles. The summed E-state index contributed by atoms with van der Waals surface area (Å²) in [6.45, 7) is 5.89. The first-order chi connectivity index (χ1) is 11.7. The van der Waals surface area contributed by atoms with Crippen molar-refractivity contribution in [3.63, 3.8) is 0 Å². The maximum atomic E-state index is 12.0. The van der Waals surface area contributed by atoms with Gasteiger partial charge in [0.15, 0.2) is 0 Å². The zero-order chi connectivity index (χ0) is 18.4. The predicted molar refractivity (Wildman–Crippen MR) is 99.5 cm³/mol. The second kappa shape index (κ2) is 8.01. The smallest absolute Gasteiger partial charge is 0.410 e. The second-order valence-corrected chi connectivity index (χ2v) is 7.12. The van der Waals surface area contributed by atoms with E-state index in [2.05, 4.69) is 35.6 Å². The van der Waals surface area contributed by atoms with Gasteiger partial charge in [-0.15, -0.1) is 0 Å². The maximum Gasteiger partial charge on any atom is 0.410 e. The van der Waals surface area contributed by atoms with Crippen LogP contribution in [0.1, 0.15) is 26.3 Å². The van der Waals surface area contributed by atoms with E-state index in [4.69, 9.17) is 4.74 Å². The topological polar surface area (TPSA) is 58.6 Å². The number of hydrogen-bond acceptors (Lipinski definition) is 3. The number of carbonyl (C=O) groups excluding carboxylic acids is 2. The van der Waals surface area contributed by atoms with Gasteiger partial charge in [0, 0.05) is 13.6 Å². The van der Waals surface area contributed by atoms with Gasteiger partial charge in [-0.05, 0) is 43.5 Å². The number of nitrogens with one attached hydrogen (secondary N) is 1. The summed E-state index contributed by atoms with van der Waals surface area (Å²) in [6.07, 6.45) is 0.240. The summed E-state index contributed by atoms with van der Waals surface area (Å²) in [5.41, 5.74) is 0.595. The van der Waals surface area contributed by atoms with E-state index >= 15 is 0 Å². The molecular weight excluding hydrogens is 316 g/mol. The number of amides is 2. The molecule has 2 aromatic rings. The molecular formula is C20H26N2O3. The molecule has 0 radical (unpaired) electrons. The van der Waals surface area contributed by atoms with E-state index in [-0.39, 0.29) is 12.5 Å². The van der Waals surface area contributed by atoms with Crippen molar-refractivity contribution in [2.45, 2.75) is 32.8 Å². The first-order valence-corrected chi connectivity index (χ1v) is 8.43. The first kappa shape index (κ1) is 18.8. The standard InChI is InChI=1S/C20H26N2O3/c1-20(2,3)25-19(24)22(4)14-18(23)21-12-11-15-9-10-16-7-5-6-8-17(16)13-15/h5-10,13H,11-12,14H2,1-4H3,(H,21,23). The third kappa shape index (κ3) is 6.10. The Kier molecular flexibility index (Phi) is 6.02. The van der Waals surface area contributed by atoms with Crippen molar-refractivity contribution >= 4 is 22.8 Å². The minimum absolute atomic E-state index is 0.0212. The Morgan fingerprint density at radius 2 is 1.76 bits per heavy atom. The molecule has 0 aliphatic carbocycles. The first-order valence-electron chi connectivity index (χ1n) is 8.43. The molecule has 0 heterocycles. The third-order valence-corrected chi connectivity index (χ3v) is 3.64. The van der Waals surface area contributed by atoms with E-state index in [1.54, 1.807) is 27.8 Å². The van der Waals surface area contributed by atoms with Crippen molar-refractivity contribution in [1.82, 2.24) is 10.2 Å². The van der Waals surface area contributed by atoms with E-state index in [1.807, 2.05) is 12.1 Å². The highest BCUT2D eigenvalue weighted by Gasteiger charge is 2.20. The Morgan fingerprint density at radius 3 is 2.44 bits per heavy atom. The summed E-state index contributed by atoms with van der Waals surface area (Å²) in [5, 5.41) is 5.23. The average molecular weight is 342 g/mol. The number of nitrogens with zero attached hydrogens (tertiary/aromatic N) is 1. The summed E-state index contributed by atoms with van der Waals surface area (Å²) in [5.74, 6) is -0.200. The molecule has 0 saturated heterocycles. The summed E-state index contributed by atoms with van der Waals surface area (Å²) in [7, 11) is 1.55. The summed E-state index contributed by atoms with van der Waals surface area (Å²) < 4.78 is 5.22. The van der Waals surface area contributed by atoms with Crippen molar-refractivity contribution in [3.8, 4) is 0 Å². The van der Waals surface area contributed by atoms with E-state index in [1.165, 1.54) is 21.2 Å². The zero-order valence-electron chi connectivity index (χ0n) is 15.3. The molecule has 25 heavy (non-hydrogen) atoms. The van der Waals surface area contributed by atoms with Crippen molar-refractivity contribution in [3.05, 3.63) is 48.0 Å². The highest BCUT2D eigenvalue weighted by Crippen LogP contribution is 2.15. The van der Waals surface area contributed by atoms with Gasteiger partial charge in [0.1, 0.15) is 12.1 Å². The fraction of sp³-hybridized carbons (Fsp3) is 0.400. The molecule has 0 aliphatic heterocycles. The van der Waals surface area contributed by atoms with E-state index in [0.29, 0.717) is 6.54 Å². The Labute approximate surface area is 149 Å². The molecule has 0 fully saturated rings. The van der Waals surface area contributed by atoms with Crippen LogP contribution in [-0.4, -0.2) is 42.6 Å². The average Bonchev–Trinajstić information content (AvgIpc) is 2.53. The van der Waals surface area contributed by atoms with Crippen LogP contribution in [0.3, 0.4) is 0 Å². The molecule has 0 unspecified atom stereocenters. The minimum atomic E-state index is -0.572. The molecule has 0 bridgehead atoms. The van der Waals surface area contributed by atoms with Gasteiger partial charge in [-0.2, -0.15) is 0 Å². The largest absolute Gasteiger partial charge is 0.444 e. The highest BCUT2D eigenvalue weighted by atomic mass is 16.6. The van der Waals surface area contributed by atoms with Crippen LogP contribution in [0.2, 0.25) is 0 Å². The summed E-state index contributed by atoms with van der Waals surface area (Å²) in [4.78, 5) is 25.1. The number of carbonyl (C=O) groups is 2. The number of rotatable bonds is 5. The molecule has 0 atom stereocenters. The lowest BCUT2D eigenvalue weighted by molar-refractivity contribution is -0.121. The monoisotopic (exact) mass is 342 g/mol. The SMILES string of the molecule is CN(CC(=O)NCCc1ccc2ccccc2c1)C(=O)OC(C)(C)C. The van der Waals surface area contributed by atoms with Crippen LogP contribution in [0.4, 0.5) is 4.79 Å². The van der Waals surface area contributed by atoms with Gasteiger partial charge >= 0.3 is 6.09 Å². The lowest BCUT2D eigenvalue weighted by atomic mass is 10.1. The van der Waals surface area contributed by atoms with Crippen molar-refractivity contribution in [1.29, 1.82) is 0 Å². The van der Waals surface area contributed by atoms with E-state index < -0.39 is 11.7 Å². The Bertz CT molecular complexity index is 750. The van der Waals surface area contributed by atoms with Crippen molar-refractivity contribution in [2.24, 2.45) is 0 Å². The van der Waals surface area contributed by atoms with Gasteiger partial charge in [-0.25, -0.2) is 4.79 Å². The van der Waals surface area contributed by atoms with Crippen LogP contribution in [0.25, 0.3) is 10.8 Å². The maximum absolute atomic E-state index is 12.0. The van der Waals surface area contributed by atoms with Crippen LogP contribution in [0, 0.1) is 0 Å². The fourth-order valence-electron chi connectivity index (χ4n) is 2.42. The number of ether oxygens (including phenoxy) is 1. The number of benzene rings is 2. The van der Waals surface area contributed by atoms with Gasteiger partial charge < -0.3 is 15.0 Å². The number of fused-ring (bicyclic) bond motifs is 1. The zero-order valence-corrected chi connectivity index (χ0v) is 15.3. The summed E-state index contributed by atoms with van der Waals surface area (Å²) >= 11 is 0. The number of hydrogen-bond donors (Lipinski definition) is 1. The lowest BCUT2D eigenvalue weighted by Gasteiger charge is -2.24. The Morgan fingerprint density at radius 1 is 1.08 bits per heavy atom. The van der Waals surface area contributed by atoms with Gasteiger partial charge in [-0.1, -0.05) is 42.5 Å². The molecule has 1 N–H and O–H groups in total. The molecule has 2 aromatic carbocycles. The lowest BCUT2D eigenvalue weighted by Crippen LogP contribution is -2.41. The quantitative estimate of drug-likeness (QED) is 0.906. The van der Waals surface area contributed by atoms with Crippen LogP contribution in [0.15, 0.2) is 42.5 Å². The second-order valence-electron chi connectivity index (χ2n) is 7.12. The predicted octanol–water partition coefficient (Wildman–Crippen LogP) is 3.37. The Hall–Kier alpha value is -2.56. The van der Waals surface area contributed by atoms with Crippen LogP contribution < -0.4 is 5.32 Å². The molecule has 0 spiro atoms. The van der Waals surface area contributed by atoms with Gasteiger partial charge in [-0.3, -0.25) is 4.79 Å². The highest BCUT2D eigenvalue weighted by molar-refractivity contribution is 5.83. The molecule has 0 saturated carbocycles. The molecule has 2 amide bonds. The van der Waals surface area contributed by atoms with E-state index in [0.717, 1.165) is 6.42 Å². The minimum Gasteiger partial charge on any atom is -0.444 e. The molecule has 0 aliphatic rings. The Balaban J connectivity index is 1.78. The van der Waals surface area contributed by atoms with Crippen molar-refractivity contribution < 1.29 is 14.3 Å². The fourth-order valence-corrected chi connectivity index (χ4v) is 2.42. The van der Waals surface area contributed by atoms with Crippen molar-refractivity contribution in [2.75, 3.05) is 20.1 Å². The molecule has 5 heteroatoms. The van der Waals surface area contributed by atoms with E-state index in [9.17, 15) is 9.59 Å². The molecule has 134 valence electrons. The third-order valence-electron chi connectivity index (χ3n) is 3.64. The van der Waals surface area contributed by atoms with Gasteiger partial charge in [0.2, 0.25) is 5.91 Å². The van der Waals surface area contributed by atoms with Crippen LogP contribution in [0.5, 0.6) is 0 Å². The van der Waals surface area contributed by atoms with Gasteiger partial charge in [0.05, 0.1) is 0 Å².